The Kier molecular flexibility index (Phi) is 4.29. The molecule has 5 heteroatoms. The normalized spacial score (nSPS) is 22.1. The third-order valence-electron chi connectivity index (χ3n) is 3.06. The van der Waals surface area contributed by atoms with Crippen LogP contribution in [-0.4, -0.2) is 48.1 Å². The molecule has 2 N–H and O–H groups in total. The van der Waals surface area contributed by atoms with Crippen molar-refractivity contribution >= 4 is 11.9 Å². The molecule has 0 spiro atoms. The van der Waals surface area contributed by atoms with E-state index in [9.17, 15) is 9.59 Å². The summed E-state index contributed by atoms with van der Waals surface area (Å²) < 4.78 is 0. The Hall–Kier alpha value is -1.10. The molecule has 0 aromatic carbocycles. The lowest BCUT2D eigenvalue weighted by Gasteiger charge is -2.29. The van der Waals surface area contributed by atoms with E-state index in [0.717, 1.165) is 13.0 Å². The number of hydrogen-bond acceptors (Lipinski definition) is 3. The fraction of sp³-hybridized carbons (Fsp3) is 0.818. The van der Waals surface area contributed by atoms with Crippen LogP contribution in [0.4, 0.5) is 0 Å². The summed E-state index contributed by atoms with van der Waals surface area (Å²) in [7, 11) is 1.58. The maximum atomic E-state index is 12.0. The van der Waals surface area contributed by atoms with Gasteiger partial charge in [0.25, 0.3) is 0 Å². The van der Waals surface area contributed by atoms with Crippen molar-refractivity contribution in [2.75, 3.05) is 20.1 Å². The van der Waals surface area contributed by atoms with Crippen LogP contribution < -0.4 is 5.32 Å². The van der Waals surface area contributed by atoms with Gasteiger partial charge in [-0.15, -0.1) is 0 Å². The van der Waals surface area contributed by atoms with Crippen LogP contribution in [0.1, 0.15) is 20.3 Å². The van der Waals surface area contributed by atoms with Crippen molar-refractivity contribution in [2.24, 2.45) is 11.8 Å². The summed E-state index contributed by atoms with van der Waals surface area (Å²) in [5.74, 6) is -1.14. The van der Waals surface area contributed by atoms with Gasteiger partial charge in [0.05, 0.1) is 5.92 Å². The van der Waals surface area contributed by atoms with Crippen molar-refractivity contribution in [2.45, 2.75) is 26.3 Å². The number of amides is 1. The Balaban J connectivity index is 2.69. The molecular weight excluding hydrogens is 208 g/mol. The first-order valence-electron chi connectivity index (χ1n) is 5.65. The van der Waals surface area contributed by atoms with Gasteiger partial charge in [0.1, 0.15) is 6.04 Å². The SMILES string of the molecule is CC(C)[C@@H](C(=O)O)N(C)C(=O)C1CCNC1. The van der Waals surface area contributed by atoms with Gasteiger partial charge >= 0.3 is 5.97 Å². The number of aliphatic carboxylic acids is 1. The molecule has 1 amide bonds. The molecule has 1 rings (SSSR count). The Labute approximate surface area is 95.8 Å². The summed E-state index contributed by atoms with van der Waals surface area (Å²) in [6.45, 7) is 5.13. The van der Waals surface area contributed by atoms with Gasteiger partial charge in [0.2, 0.25) is 5.91 Å². The molecular formula is C11H20N2O3. The number of carboxylic acid groups (broad SMARTS) is 1. The maximum Gasteiger partial charge on any atom is 0.326 e. The van der Waals surface area contributed by atoms with E-state index in [1.54, 1.807) is 7.05 Å². The number of likely N-dealkylation sites (N-methyl/N-ethyl adjacent to an activating group) is 1. The molecule has 0 saturated carbocycles. The highest BCUT2D eigenvalue weighted by Crippen LogP contribution is 2.16. The summed E-state index contributed by atoms with van der Waals surface area (Å²) in [4.78, 5) is 24.5. The van der Waals surface area contributed by atoms with Crippen LogP contribution in [0, 0.1) is 11.8 Å². The van der Waals surface area contributed by atoms with Crippen molar-refractivity contribution in [3.05, 3.63) is 0 Å². The van der Waals surface area contributed by atoms with E-state index >= 15 is 0 Å². The average Bonchev–Trinajstić information content (AvgIpc) is 2.67. The number of carbonyl (C=O) groups excluding carboxylic acids is 1. The lowest BCUT2D eigenvalue weighted by Crippen LogP contribution is -2.48. The number of carbonyl (C=O) groups is 2. The molecule has 1 heterocycles. The molecule has 0 aliphatic carbocycles. The van der Waals surface area contributed by atoms with Crippen LogP contribution in [0.3, 0.4) is 0 Å². The van der Waals surface area contributed by atoms with Gasteiger partial charge < -0.3 is 15.3 Å². The second kappa shape index (κ2) is 5.30. The molecule has 1 fully saturated rings. The molecule has 16 heavy (non-hydrogen) atoms. The number of nitrogens with one attached hydrogen (secondary N) is 1. The predicted octanol–water partition coefficient (Wildman–Crippen LogP) is 0.164. The van der Waals surface area contributed by atoms with Gasteiger partial charge in [-0.25, -0.2) is 4.79 Å². The zero-order valence-corrected chi connectivity index (χ0v) is 10.1. The Morgan fingerprint density at radius 2 is 2.06 bits per heavy atom. The minimum atomic E-state index is -0.934. The van der Waals surface area contributed by atoms with E-state index < -0.39 is 12.0 Å². The summed E-state index contributed by atoms with van der Waals surface area (Å²) in [5, 5.41) is 12.2. The molecule has 1 aliphatic rings. The molecule has 92 valence electrons. The summed E-state index contributed by atoms with van der Waals surface area (Å²) in [5.41, 5.74) is 0. The minimum absolute atomic E-state index is 0.0638. The van der Waals surface area contributed by atoms with E-state index in [2.05, 4.69) is 5.32 Å². The van der Waals surface area contributed by atoms with E-state index in [1.807, 2.05) is 13.8 Å². The first kappa shape index (κ1) is 13.0. The zero-order chi connectivity index (χ0) is 12.3. The molecule has 1 aliphatic heterocycles. The highest BCUT2D eigenvalue weighted by Gasteiger charge is 2.33. The molecule has 5 nitrogen and oxygen atoms in total. The largest absolute Gasteiger partial charge is 0.480 e. The van der Waals surface area contributed by atoms with Crippen molar-refractivity contribution < 1.29 is 14.7 Å². The first-order chi connectivity index (χ1) is 7.45. The molecule has 2 atom stereocenters. The molecule has 0 bridgehead atoms. The minimum Gasteiger partial charge on any atom is -0.480 e. The third-order valence-corrected chi connectivity index (χ3v) is 3.06. The fourth-order valence-corrected chi connectivity index (χ4v) is 2.19. The number of hydrogen-bond donors (Lipinski definition) is 2. The summed E-state index contributed by atoms with van der Waals surface area (Å²) in [6, 6.07) is -0.729. The number of rotatable bonds is 4. The van der Waals surface area contributed by atoms with Gasteiger partial charge in [-0.3, -0.25) is 4.79 Å². The molecule has 1 unspecified atom stereocenters. The summed E-state index contributed by atoms with van der Waals surface area (Å²) >= 11 is 0. The predicted molar refractivity (Wildman–Crippen MR) is 60.0 cm³/mol. The van der Waals surface area contributed by atoms with Crippen molar-refractivity contribution in [3.63, 3.8) is 0 Å². The van der Waals surface area contributed by atoms with Crippen LogP contribution >= 0.6 is 0 Å². The highest BCUT2D eigenvalue weighted by molar-refractivity contribution is 5.85. The van der Waals surface area contributed by atoms with Gasteiger partial charge in [-0.05, 0) is 18.9 Å². The molecule has 1 saturated heterocycles. The maximum absolute atomic E-state index is 12.0. The van der Waals surface area contributed by atoms with Gasteiger partial charge in [0.15, 0.2) is 0 Å². The lowest BCUT2D eigenvalue weighted by molar-refractivity contribution is -0.152. The molecule has 0 radical (unpaired) electrons. The van der Waals surface area contributed by atoms with Crippen LogP contribution in [-0.2, 0) is 9.59 Å². The topological polar surface area (TPSA) is 69.6 Å². The van der Waals surface area contributed by atoms with Crippen LogP contribution in [0.2, 0.25) is 0 Å². The van der Waals surface area contributed by atoms with Crippen molar-refractivity contribution in [1.82, 2.24) is 10.2 Å². The van der Waals surface area contributed by atoms with Crippen molar-refractivity contribution in [3.8, 4) is 0 Å². The average molecular weight is 228 g/mol. The van der Waals surface area contributed by atoms with Crippen LogP contribution in [0.15, 0.2) is 0 Å². The van der Waals surface area contributed by atoms with Crippen LogP contribution in [0.25, 0.3) is 0 Å². The lowest BCUT2D eigenvalue weighted by atomic mass is 10.0. The van der Waals surface area contributed by atoms with E-state index in [0.29, 0.717) is 6.54 Å². The van der Waals surface area contributed by atoms with Gasteiger partial charge in [-0.2, -0.15) is 0 Å². The molecule has 0 aromatic rings. The highest BCUT2D eigenvalue weighted by atomic mass is 16.4. The number of carboxylic acids is 1. The Morgan fingerprint density at radius 3 is 2.44 bits per heavy atom. The van der Waals surface area contributed by atoms with E-state index in [4.69, 9.17) is 5.11 Å². The van der Waals surface area contributed by atoms with E-state index in [-0.39, 0.29) is 17.7 Å². The van der Waals surface area contributed by atoms with Gasteiger partial charge in [-0.1, -0.05) is 13.8 Å². The third kappa shape index (κ3) is 2.72. The first-order valence-corrected chi connectivity index (χ1v) is 5.65. The number of nitrogens with zero attached hydrogens (tertiary/aromatic N) is 1. The van der Waals surface area contributed by atoms with Crippen LogP contribution in [0.5, 0.6) is 0 Å². The van der Waals surface area contributed by atoms with Gasteiger partial charge in [0, 0.05) is 13.6 Å². The van der Waals surface area contributed by atoms with Crippen molar-refractivity contribution in [1.29, 1.82) is 0 Å². The second-order valence-electron chi connectivity index (χ2n) is 4.67. The van der Waals surface area contributed by atoms with E-state index in [1.165, 1.54) is 4.90 Å². The molecule has 0 aromatic heterocycles. The monoisotopic (exact) mass is 228 g/mol. The summed E-state index contributed by atoms with van der Waals surface area (Å²) in [6.07, 6.45) is 0.799. The quantitative estimate of drug-likeness (QED) is 0.719. The standard InChI is InChI=1S/C11H20N2O3/c1-7(2)9(11(15)16)13(3)10(14)8-4-5-12-6-8/h7-9,12H,4-6H2,1-3H3,(H,15,16)/t8?,9-/m0/s1. The fourth-order valence-electron chi connectivity index (χ4n) is 2.19. The Bertz CT molecular complexity index is 272. The zero-order valence-electron chi connectivity index (χ0n) is 10.1. The second-order valence-corrected chi connectivity index (χ2v) is 4.67. The smallest absolute Gasteiger partial charge is 0.326 e. The Morgan fingerprint density at radius 1 is 1.44 bits per heavy atom.